The van der Waals surface area contributed by atoms with E-state index in [0.717, 1.165) is 5.39 Å². The van der Waals surface area contributed by atoms with Crippen molar-refractivity contribution in [3.8, 4) is 22.3 Å². The highest BCUT2D eigenvalue weighted by atomic mass is 32.1. The van der Waals surface area contributed by atoms with Gasteiger partial charge in [-0.1, -0.05) is 115 Å². The fourth-order valence-electron chi connectivity index (χ4n) is 6.81. The molecule has 41 heavy (non-hydrogen) atoms. The molecule has 8 aromatic carbocycles. The molecule has 1 aromatic heterocycles. The molecule has 0 spiro atoms. The summed E-state index contributed by atoms with van der Waals surface area (Å²) in [5.74, 6) is 0. The number of rotatable bonds is 2. The van der Waals surface area contributed by atoms with Crippen molar-refractivity contribution in [1.29, 1.82) is 0 Å². The molecule has 0 fully saturated rings. The van der Waals surface area contributed by atoms with E-state index < -0.39 is 0 Å². The summed E-state index contributed by atoms with van der Waals surface area (Å²) in [5, 5.41) is 12.5. The fourth-order valence-corrected chi connectivity index (χ4v) is 7.94. The van der Waals surface area contributed by atoms with E-state index >= 15 is 0 Å². The number of hydrogen-bond acceptors (Lipinski definition) is 1. The van der Waals surface area contributed by atoms with E-state index in [0.29, 0.717) is 0 Å². The number of fused-ring (bicyclic) bond motifs is 8. The lowest BCUT2D eigenvalue weighted by Gasteiger charge is -2.19. The first kappa shape index (κ1) is 22.6. The van der Waals surface area contributed by atoms with E-state index in [1.807, 2.05) is 17.4 Å². The Balaban J connectivity index is 1.49. The zero-order valence-electron chi connectivity index (χ0n) is 22.1. The molecule has 188 valence electrons. The molecule has 0 bridgehead atoms. The Morgan fingerprint density at radius 2 is 1.02 bits per heavy atom. The minimum Gasteiger partial charge on any atom is -0.135 e. The molecule has 0 N–H and O–H groups in total. The van der Waals surface area contributed by atoms with Crippen molar-refractivity contribution in [2.75, 3.05) is 0 Å². The summed E-state index contributed by atoms with van der Waals surface area (Å²) in [6, 6.07) is 55.4. The summed E-state index contributed by atoms with van der Waals surface area (Å²) < 4.78 is 2.65. The lowest BCUT2D eigenvalue weighted by atomic mass is 9.83. The third kappa shape index (κ3) is 3.23. The summed E-state index contributed by atoms with van der Waals surface area (Å²) in [6.45, 7) is 0. The van der Waals surface area contributed by atoms with Crippen LogP contribution in [0.5, 0.6) is 0 Å². The molecule has 1 heteroatoms. The van der Waals surface area contributed by atoms with Crippen LogP contribution in [0.15, 0.2) is 133 Å². The van der Waals surface area contributed by atoms with Crippen LogP contribution in [-0.4, -0.2) is 0 Å². The van der Waals surface area contributed by atoms with Gasteiger partial charge in [0.15, 0.2) is 0 Å². The van der Waals surface area contributed by atoms with E-state index in [9.17, 15) is 0 Å². The summed E-state index contributed by atoms with van der Waals surface area (Å²) in [5.41, 5.74) is 5.06. The fraction of sp³-hybridized carbons (Fsp3) is 0. The van der Waals surface area contributed by atoms with Gasteiger partial charge < -0.3 is 0 Å². The van der Waals surface area contributed by atoms with E-state index in [2.05, 4.69) is 140 Å². The second kappa shape index (κ2) is 8.67. The Kier molecular flexibility index (Phi) is 4.79. The predicted octanol–water partition coefficient (Wildman–Crippen LogP) is 11.6. The highest BCUT2D eigenvalue weighted by Gasteiger charge is 2.21. The molecule has 0 saturated heterocycles. The van der Waals surface area contributed by atoms with Gasteiger partial charge in [-0.2, -0.15) is 0 Å². The lowest BCUT2D eigenvalue weighted by Crippen LogP contribution is -1.92. The van der Waals surface area contributed by atoms with Crippen molar-refractivity contribution in [3.63, 3.8) is 0 Å². The Labute approximate surface area is 241 Å². The van der Waals surface area contributed by atoms with Gasteiger partial charge in [-0.15, -0.1) is 11.3 Å². The Hall–Kier alpha value is -5.16. The number of hydrogen-bond donors (Lipinski definition) is 0. The molecule has 9 rings (SSSR count). The van der Waals surface area contributed by atoms with Crippen LogP contribution in [0.2, 0.25) is 0 Å². The first-order valence-corrected chi connectivity index (χ1v) is 14.8. The van der Waals surface area contributed by atoms with E-state index in [-0.39, 0.29) is 0 Å². The largest absolute Gasteiger partial charge is 0.135 e. The minimum atomic E-state index is 1.11. The third-order valence-corrected chi connectivity index (χ3v) is 9.63. The predicted molar refractivity (Wildman–Crippen MR) is 178 cm³/mol. The molecule has 0 radical (unpaired) electrons. The van der Waals surface area contributed by atoms with Crippen LogP contribution in [0.25, 0.3) is 85.5 Å². The summed E-state index contributed by atoms with van der Waals surface area (Å²) in [7, 11) is 0. The minimum absolute atomic E-state index is 1.11. The van der Waals surface area contributed by atoms with Crippen LogP contribution in [0.3, 0.4) is 0 Å². The highest BCUT2D eigenvalue weighted by molar-refractivity contribution is 7.25. The molecule has 0 nitrogen and oxygen atoms in total. The topological polar surface area (TPSA) is 0 Å². The maximum Gasteiger partial charge on any atom is 0.0406 e. The summed E-state index contributed by atoms with van der Waals surface area (Å²) in [4.78, 5) is 0. The smallest absolute Gasteiger partial charge is 0.0406 e. The monoisotopic (exact) mass is 534 g/mol. The van der Waals surface area contributed by atoms with E-state index in [1.54, 1.807) is 0 Å². The third-order valence-electron chi connectivity index (χ3n) is 8.49. The standard InChI is InChI=1S/C40H22S/c1-2-13-26-25(12-1)24-35(28-15-4-3-14-27(26)28)39-31-18-7-5-16-29(31)38(30-17-6-8-19-32(30)39)34-21-11-23-37-40(34)33-20-9-10-22-36(33)41-37/h1-3,5-14,16-24H. The molecule has 0 aliphatic rings. The Bertz CT molecular complexity index is 2420. The summed E-state index contributed by atoms with van der Waals surface area (Å²) >= 11 is 1.88. The van der Waals surface area contributed by atoms with Crippen LogP contribution in [0.4, 0.5) is 0 Å². The molecular formula is C40H22S. The van der Waals surface area contributed by atoms with Gasteiger partial charge in [0, 0.05) is 25.6 Å². The van der Waals surface area contributed by atoms with Crippen LogP contribution in [0.1, 0.15) is 0 Å². The quantitative estimate of drug-likeness (QED) is 0.194. The molecule has 0 atom stereocenters. The van der Waals surface area contributed by atoms with E-state index in [1.165, 1.54) is 80.1 Å². The van der Waals surface area contributed by atoms with Crippen molar-refractivity contribution in [2.24, 2.45) is 0 Å². The average molecular weight is 535 g/mol. The molecule has 0 aliphatic carbocycles. The lowest BCUT2D eigenvalue weighted by molar-refractivity contribution is 1.71. The number of benzene rings is 7. The van der Waals surface area contributed by atoms with Gasteiger partial charge in [0.2, 0.25) is 0 Å². The maximum atomic E-state index is 3.50. The molecule has 0 saturated carbocycles. The van der Waals surface area contributed by atoms with Gasteiger partial charge >= 0.3 is 0 Å². The number of thiophene rings is 1. The summed E-state index contributed by atoms with van der Waals surface area (Å²) in [6.07, 6.45) is 0. The van der Waals surface area contributed by atoms with Gasteiger partial charge in [-0.25, -0.2) is 0 Å². The van der Waals surface area contributed by atoms with Crippen LogP contribution >= 0.6 is 11.3 Å². The molecule has 9 aromatic rings. The maximum absolute atomic E-state index is 3.50. The van der Waals surface area contributed by atoms with Crippen LogP contribution < -0.4 is 0 Å². The van der Waals surface area contributed by atoms with Gasteiger partial charge in [0.25, 0.3) is 0 Å². The van der Waals surface area contributed by atoms with E-state index in [4.69, 9.17) is 0 Å². The van der Waals surface area contributed by atoms with Gasteiger partial charge in [0.1, 0.15) is 0 Å². The van der Waals surface area contributed by atoms with Crippen LogP contribution in [-0.2, 0) is 0 Å². The second-order valence-electron chi connectivity index (χ2n) is 10.7. The van der Waals surface area contributed by atoms with Crippen LogP contribution in [0, 0.1) is 12.1 Å². The second-order valence-corrected chi connectivity index (χ2v) is 11.7. The van der Waals surface area contributed by atoms with Gasteiger partial charge in [-0.05, 0) is 90.3 Å². The Morgan fingerprint density at radius 1 is 0.439 bits per heavy atom. The highest BCUT2D eigenvalue weighted by Crippen LogP contribution is 2.49. The Morgan fingerprint density at radius 3 is 1.76 bits per heavy atom. The molecule has 0 unspecified atom stereocenters. The van der Waals surface area contributed by atoms with Crippen molar-refractivity contribution in [3.05, 3.63) is 146 Å². The first-order chi connectivity index (χ1) is 20.4. The zero-order valence-corrected chi connectivity index (χ0v) is 22.9. The molecule has 0 amide bonds. The molecular weight excluding hydrogens is 513 g/mol. The molecule has 1 heterocycles. The van der Waals surface area contributed by atoms with Crippen molar-refractivity contribution in [2.45, 2.75) is 0 Å². The van der Waals surface area contributed by atoms with Crippen molar-refractivity contribution >= 4 is 74.6 Å². The molecule has 0 aliphatic heterocycles. The normalized spacial score (nSPS) is 11.7. The van der Waals surface area contributed by atoms with Gasteiger partial charge in [-0.3, -0.25) is 0 Å². The van der Waals surface area contributed by atoms with Gasteiger partial charge in [0.05, 0.1) is 0 Å². The average Bonchev–Trinajstić information content (AvgIpc) is 3.42. The van der Waals surface area contributed by atoms with Crippen molar-refractivity contribution < 1.29 is 0 Å². The zero-order chi connectivity index (χ0) is 26.9. The SMILES string of the molecule is c1ccc2c(c#1)c(-c1c3ccccc3c(-c3cccc4sc5ccccc5c34)c3ccccc13)cc1ccccc12. The van der Waals surface area contributed by atoms with Crippen molar-refractivity contribution in [1.82, 2.24) is 0 Å². The first-order valence-electron chi connectivity index (χ1n) is 13.9.